The molecule has 0 aliphatic carbocycles. The summed E-state index contributed by atoms with van der Waals surface area (Å²) in [7, 11) is 0. The summed E-state index contributed by atoms with van der Waals surface area (Å²) in [6.45, 7) is 0.719. The second-order valence-corrected chi connectivity index (χ2v) is 3.20. The summed E-state index contributed by atoms with van der Waals surface area (Å²) < 4.78 is 14.8. The molecule has 0 saturated heterocycles. The fourth-order valence-electron chi connectivity index (χ4n) is 1.31. The van der Waals surface area contributed by atoms with Crippen LogP contribution in [-0.4, -0.2) is 15.0 Å². The van der Waals surface area contributed by atoms with Gasteiger partial charge >= 0.3 is 0 Å². The van der Waals surface area contributed by atoms with Crippen LogP contribution in [0.15, 0.2) is 30.5 Å². The van der Waals surface area contributed by atoms with Gasteiger partial charge in [-0.3, -0.25) is 0 Å². The minimum atomic E-state index is -0.234. The van der Waals surface area contributed by atoms with Crippen LogP contribution in [0.5, 0.6) is 0 Å². The smallest absolute Gasteiger partial charge is 0.128 e. The van der Waals surface area contributed by atoms with E-state index in [2.05, 4.69) is 10.3 Å². The molecule has 16 heavy (non-hydrogen) atoms. The van der Waals surface area contributed by atoms with Crippen molar-refractivity contribution in [1.29, 1.82) is 0 Å². The Morgan fingerprint density at radius 3 is 2.69 bits per heavy atom. The van der Waals surface area contributed by atoms with Crippen LogP contribution >= 0.6 is 12.4 Å². The SMILES string of the molecule is Cl.NCc1cn(Cc2ccccc2F)nn1. The highest BCUT2D eigenvalue weighted by molar-refractivity contribution is 5.85. The van der Waals surface area contributed by atoms with Crippen molar-refractivity contribution >= 4 is 12.4 Å². The first-order chi connectivity index (χ1) is 7.29. The molecule has 0 saturated carbocycles. The van der Waals surface area contributed by atoms with E-state index in [9.17, 15) is 4.39 Å². The molecule has 0 spiro atoms. The minimum absolute atomic E-state index is 0. The molecule has 6 heteroatoms. The number of hydrogen-bond acceptors (Lipinski definition) is 3. The molecule has 0 bridgehead atoms. The number of hydrogen-bond donors (Lipinski definition) is 1. The second kappa shape index (κ2) is 5.58. The molecule has 0 fully saturated rings. The zero-order valence-electron chi connectivity index (χ0n) is 8.51. The Labute approximate surface area is 98.7 Å². The van der Waals surface area contributed by atoms with E-state index in [0.29, 0.717) is 24.3 Å². The third-order valence-corrected chi connectivity index (χ3v) is 2.09. The number of nitrogens with two attached hydrogens (primary N) is 1. The molecule has 0 unspecified atom stereocenters. The fraction of sp³-hybridized carbons (Fsp3) is 0.200. The van der Waals surface area contributed by atoms with Crippen molar-refractivity contribution < 1.29 is 4.39 Å². The van der Waals surface area contributed by atoms with Crippen molar-refractivity contribution in [2.45, 2.75) is 13.1 Å². The van der Waals surface area contributed by atoms with E-state index in [0.717, 1.165) is 0 Å². The van der Waals surface area contributed by atoms with Gasteiger partial charge in [0.05, 0.1) is 18.4 Å². The molecule has 0 aliphatic rings. The van der Waals surface area contributed by atoms with E-state index < -0.39 is 0 Å². The van der Waals surface area contributed by atoms with Gasteiger partial charge in [0.1, 0.15) is 5.82 Å². The van der Waals surface area contributed by atoms with Gasteiger partial charge in [0, 0.05) is 12.1 Å². The van der Waals surface area contributed by atoms with Crippen LogP contribution in [0.1, 0.15) is 11.3 Å². The zero-order valence-corrected chi connectivity index (χ0v) is 9.32. The highest BCUT2D eigenvalue weighted by Gasteiger charge is 2.03. The normalized spacial score (nSPS) is 9.88. The van der Waals surface area contributed by atoms with E-state index in [4.69, 9.17) is 5.73 Å². The topological polar surface area (TPSA) is 56.7 Å². The Kier molecular flexibility index (Phi) is 4.39. The average Bonchev–Trinajstić information content (AvgIpc) is 2.69. The summed E-state index contributed by atoms with van der Waals surface area (Å²) in [5, 5.41) is 7.67. The predicted octanol–water partition coefficient (Wildman–Crippen LogP) is 1.35. The van der Waals surface area contributed by atoms with Crippen LogP contribution in [0.25, 0.3) is 0 Å². The molecular formula is C10H12ClFN4. The Morgan fingerprint density at radius 1 is 1.31 bits per heavy atom. The Morgan fingerprint density at radius 2 is 2.06 bits per heavy atom. The van der Waals surface area contributed by atoms with Crippen LogP contribution in [0.2, 0.25) is 0 Å². The van der Waals surface area contributed by atoms with Gasteiger partial charge in [-0.1, -0.05) is 23.4 Å². The van der Waals surface area contributed by atoms with Gasteiger partial charge in [0.25, 0.3) is 0 Å². The predicted molar refractivity (Wildman–Crippen MR) is 60.7 cm³/mol. The summed E-state index contributed by atoms with van der Waals surface area (Å²) >= 11 is 0. The first-order valence-electron chi connectivity index (χ1n) is 4.62. The van der Waals surface area contributed by atoms with E-state index in [1.54, 1.807) is 29.1 Å². The van der Waals surface area contributed by atoms with Gasteiger partial charge in [-0.2, -0.15) is 0 Å². The molecule has 1 aromatic heterocycles. The Bertz CT molecular complexity index is 458. The molecule has 2 N–H and O–H groups in total. The first kappa shape index (κ1) is 12.6. The summed E-state index contributed by atoms with van der Waals surface area (Å²) in [5.74, 6) is -0.234. The lowest BCUT2D eigenvalue weighted by Gasteiger charge is -2.01. The molecule has 0 atom stereocenters. The van der Waals surface area contributed by atoms with Crippen LogP contribution in [0.3, 0.4) is 0 Å². The van der Waals surface area contributed by atoms with Gasteiger partial charge in [-0.05, 0) is 6.07 Å². The van der Waals surface area contributed by atoms with Crippen molar-refractivity contribution in [2.24, 2.45) is 5.73 Å². The maximum absolute atomic E-state index is 13.3. The molecular weight excluding hydrogens is 231 g/mol. The molecule has 1 aromatic carbocycles. The summed E-state index contributed by atoms with van der Waals surface area (Å²) in [6.07, 6.45) is 1.71. The summed E-state index contributed by atoms with van der Waals surface area (Å²) in [4.78, 5) is 0. The van der Waals surface area contributed by atoms with Crippen LogP contribution in [-0.2, 0) is 13.1 Å². The van der Waals surface area contributed by atoms with Gasteiger partial charge < -0.3 is 5.73 Å². The number of aromatic nitrogens is 3. The molecule has 0 radical (unpaired) electrons. The molecule has 0 aliphatic heterocycles. The molecule has 2 aromatic rings. The first-order valence-corrected chi connectivity index (χ1v) is 4.62. The van der Waals surface area contributed by atoms with Crippen LogP contribution in [0, 0.1) is 5.82 Å². The second-order valence-electron chi connectivity index (χ2n) is 3.20. The monoisotopic (exact) mass is 242 g/mol. The number of nitrogens with zero attached hydrogens (tertiary/aromatic N) is 3. The van der Waals surface area contributed by atoms with Gasteiger partial charge in [-0.15, -0.1) is 17.5 Å². The molecule has 86 valence electrons. The third-order valence-electron chi connectivity index (χ3n) is 2.09. The zero-order chi connectivity index (χ0) is 10.7. The van der Waals surface area contributed by atoms with Crippen molar-refractivity contribution in [3.63, 3.8) is 0 Å². The van der Waals surface area contributed by atoms with Gasteiger partial charge in [-0.25, -0.2) is 9.07 Å². The summed E-state index contributed by atoms with van der Waals surface area (Å²) in [5.41, 5.74) is 6.69. The molecule has 2 rings (SSSR count). The fourth-order valence-corrected chi connectivity index (χ4v) is 1.31. The maximum Gasteiger partial charge on any atom is 0.128 e. The van der Waals surface area contributed by atoms with Crippen molar-refractivity contribution in [3.05, 3.63) is 47.5 Å². The highest BCUT2D eigenvalue weighted by Crippen LogP contribution is 2.07. The van der Waals surface area contributed by atoms with Crippen molar-refractivity contribution in [1.82, 2.24) is 15.0 Å². The van der Waals surface area contributed by atoms with E-state index >= 15 is 0 Å². The molecule has 0 amide bonds. The van der Waals surface area contributed by atoms with Crippen molar-refractivity contribution in [3.8, 4) is 0 Å². The number of rotatable bonds is 3. The lowest BCUT2D eigenvalue weighted by molar-refractivity contribution is 0.577. The Hall–Kier alpha value is -1.46. The lowest BCUT2D eigenvalue weighted by atomic mass is 10.2. The van der Waals surface area contributed by atoms with Crippen LogP contribution < -0.4 is 5.73 Å². The van der Waals surface area contributed by atoms with Gasteiger partial charge in [0.2, 0.25) is 0 Å². The standard InChI is InChI=1S/C10H11FN4.ClH/c11-10-4-2-1-3-8(10)6-15-7-9(5-12)13-14-15;/h1-4,7H,5-6,12H2;1H. The molecule has 4 nitrogen and oxygen atoms in total. The highest BCUT2D eigenvalue weighted by atomic mass is 35.5. The largest absolute Gasteiger partial charge is 0.325 e. The third kappa shape index (κ3) is 2.77. The van der Waals surface area contributed by atoms with E-state index in [-0.39, 0.29) is 18.2 Å². The van der Waals surface area contributed by atoms with E-state index in [1.165, 1.54) is 6.07 Å². The van der Waals surface area contributed by atoms with Crippen LogP contribution in [0.4, 0.5) is 4.39 Å². The average molecular weight is 243 g/mol. The van der Waals surface area contributed by atoms with Gasteiger partial charge in [0.15, 0.2) is 0 Å². The minimum Gasteiger partial charge on any atom is -0.325 e. The number of benzene rings is 1. The Balaban J connectivity index is 0.00000128. The van der Waals surface area contributed by atoms with E-state index in [1.807, 2.05) is 0 Å². The summed E-state index contributed by atoms with van der Waals surface area (Å²) in [6, 6.07) is 6.60. The quantitative estimate of drug-likeness (QED) is 0.884. The maximum atomic E-state index is 13.3. The number of halogens is 2. The molecule has 1 heterocycles. The lowest BCUT2D eigenvalue weighted by Crippen LogP contribution is -2.02. The van der Waals surface area contributed by atoms with Crippen molar-refractivity contribution in [2.75, 3.05) is 0 Å².